The Kier molecular flexibility index (Phi) is 2.98. The van der Waals surface area contributed by atoms with Crippen molar-refractivity contribution in [2.75, 3.05) is 0 Å². The van der Waals surface area contributed by atoms with E-state index >= 15 is 0 Å². The number of aromatic nitrogens is 3. The van der Waals surface area contributed by atoms with Crippen LogP contribution in [0.5, 0.6) is 0 Å². The highest BCUT2D eigenvalue weighted by atomic mass is 35.5. The number of hydrogen-bond acceptors (Lipinski definition) is 3. The Morgan fingerprint density at radius 3 is 2.86 bits per heavy atom. The van der Waals surface area contributed by atoms with E-state index in [0.29, 0.717) is 5.02 Å². The molecule has 0 radical (unpaired) electrons. The van der Waals surface area contributed by atoms with E-state index in [2.05, 4.69) is 21.5 Å². The molecule has 0 fully saturated rings. The van der Waals surface area contributed by atoms with E-state index in [0.717, 1.165) is 22.5 Å². The summed E-state index contributed by atoms with van der Waals surface area (Å²) < 4.78 is 1.88. The number of thiophene rings is 1. The van der Waals surface area contributed by atoms with E-state index < -0.39 is 0 Å². The molecule has 4 aromatic rings. The van der Waals surface area contributed by atoms with Gasteiger partial charge in [-0.05, 0) is 35.2 Å². The highest BCUT2D eigenvalue weighted by molar-refractivity contribution is 7.13. The zero-order valence-corrected chi connectivity index (χ0v) is 12.5. The van der Waals surface area contributed by atoms with Crippen LogP contribution in [0.15, 0.2) is 60.2 Å². The molecule has 102 valence electrons. The molecule has 3 nitrogen and oxygen atoms in total. The van der Waals surface area contributed by atoms with Crippen molar-refractivity contribution in [3.05, 3.63) is 65.3 Å². The molecule has 0 bridgehead atoms. The molecule has 21 heavy (non-hydrogen) atoms. The monoisotopic (exact) mass is 311 g/mol. The maximum absolute atomic E-state index is 6.08. The second-order valence-electron chi connectivity index (χ2n) is 4.61. The molecule has 0 unspecified atom stereocenters. The quantitative estimate of drug-likeness (QED) is 0.533. The van der Waals surface area contributed by atoms with Gasteiger partial charge in [0.1, 0.15) is 0 Å². The summed E-state index contributed by atoms with van der Waals surface area (Å²) in [6.07, 6.45) is 3.66. The van der Waals surface area contributed by atoms with Crippen LogP contribution in [-0.2, 0) is 0 Å². The van der Waals surface area contributed by atoms with Crippen molar-refractivity contribution in [3.63, 3.8) is 0 Å². The molecule has 0 N–H and O–H groups in total. The van der Waals surface area contributed by atoms with Crippen LogP contribution < -0.4 is 0 Å². The second kappa shape index (κ2) is 4.98. The van der Waals surface area contributed by atoms with Crippen molar-refractivity contribution in [2.24, 2.45) is 0 Å². The lowest BCUT2D eigenvalue weighted by molar-refractivity contribution is 0.950. The lowest BCUT2D eigenvalue weighted by Gasteiger charge is -2.03. The van der Waals surface area contributed by atoms with E-state index in [9.17, 15) is 0 Å². The van der Waals surface area contributed by atoms with Gasteiger partial charge in [-0.3, -0.25) is 0 Å². The van der Waals surface area contributed by atoms with E-state index in [1.807, 2.05) is 53.3 Å². The van der Waals surface area contributed by atoms with E-state index in [1.165, 1.54) is 4.88 Å². The molecule has 0 saturated heterocycles. The molecule has 3 aromatic heterocycles. The number of nitrogens with zero attached hydrogens (tertiary/aromatic N) is 3. The lowest BCUT2D eigenvalue weighted by atomic mass is 10.1. The molecule has 3 heterocycles. The normalized spacial score (nSPS) is 11.1. The Hall–Kier alpha value is -2.17. The van der Waals surface area contributed by atoms with Crippen molar-refractivity contribution in [2.45, 2.75) is 0 Å². The molecule has 0 saturated carbocycles. The first kappa shape index (κ1) is 12.6. The summed E-state index contributed by atoms with van der Waals surface area (Å²) in [5.41, 5.74) is 3.88. The van der Waals surface area contributed by atoms with Crippen LogP contribution in [0.25, 0.3) is 27.3 Å². The van der Waals surface area contributed by atoms with Crippen molar-refractivity contribution in [3.8, 4) is 21.7 Å². The lowest BCUT2D eigenvalue weighted by Crippen LogP contribution is -1.94. The fraction of sp³-hybridized carbons (Fsp3) is 0. The summed E-state index contributed by atoms with van der Waals surface area (Å²) in [6, 6.07) is 13.8. The van der Waals surface area contributed by atoms with Crippen molar-refractivity contribution in [1.29, 1.82) is 0 Å². The van der Waals surface area contributed by atoms with Gasteiger partial charge >= 0.3 is 0 Å². The van der Waals surface area contributed by atoms with Gasteiger partial charge in [0.15, 0.2) is 5.65 Å². The van der Waals surface area contributed by atoms with Crippen LogP contribution in [-0.4, -0.2) is 14.6 Å². The first-order valence-corrected chi connectivity index (χ1v) is 7.71. The fourth-order valence-electron chi connectivity index (χ4n) is 2.36. The van der Waals surface area contributed by atoms with Gasteiger partial charge in [-0.2, -0.15) is 5.10 Å². The number of benzene rings is 1. The summed E-state index contributed by atoms with van der Waals surface area (Å²) in [5, 5.41) is 7.27. The first-order valence-electron chi connectivity index (χ1n) is 6.45. The van der Waals surface area contributed by atoms with Crippen LogP contribution in [0, 0.1) is 0 Å². The van der Waals surface area contributed by atoms with E-state index in [1.54, 1.807) is 11.3 Å². The molecular weight excluding hydrogens is 302 g/mol. The Morgan fingerprint density at radius 1 is 1.10 bits per heavy atom. The number of halogens is 1. The topological polar surface area (TPSA) is 30.2 Å². The van der Waals surface area contributed by atoms with Gasteiger partial charge in [-0.1, -0.05) is 29.8 Å². The Bertz CT molecular complexity index is 912. The summed E-state index contributed by atoms with van der Waals surface area (Å²) in [4.78, 5) is 5.65. The van der Waals surface area contributed by atoms with E-state index in [-0.39, 0.29) is 0 Å². The highest BCUT2D eigenvalue weighted by Crippen LogP contribution is 2.29. The predicted octanol–water partition coefficient (Wildman–Crippen LogP) is 4.78. The Labute approximate surface area is 130 Å². The van der Waals surface area contributed by atoms with Gasteiger partial charge < -0.3 is 0 Å². The minimum Gasteiger partial charge on any atom is -0.236 e. The molecule has 0 aliphatic rings. The predicted molar refractivity (Wildman–Crippen MR) is 86.7 cm³/mol. The average Bonchev–Trinajstić information content (AvgIpc) is 3.16. The average molecular weight is 312 g/mol. The van der Waals surface area contributed by atoms with E-state index in [4.69, 9.17) is 11.6 Å². The summed E-state index contributed by atoms with van der Waals surface area (Å²) in [7, 11) is 0. The van der Waals surface area contributed by atoms with Crippen LogP contribution in [0.4, 0.5) is 0 Å². The third kappa shape index (κ3) is 2.13. The summed E-state index contributed by atoms with van der Waals surface area (Å²) in [5.74, 6) is 0. The molecule has 0 aliphatic heterocycles. The highest BCUT2D eigenvalue weighted by Gasteiger charge is 2.12. The molecule has 0 atom stereocenters. The maximum Gasteiger partial charge on any atom is 0.163 e. The number of hydrogen-bond donors (Lipinski definition) is 0. The van der Waals surface area contributed by atoms with Crippen molar-refractivity contribution < 1.29 is 0 Å². The Morgan fingerprint density at radius 2 is 2.05 bits per heavy atom. The third-order valence-electron chi connectivity index (χ3n) is 3.31. The summed E-state index contributed by atoms with van der Waals surface area (Å²) in [6.45, 7) is 0. The van der Waals surface area contributed by atoms with Crippen LogP contribution in [0.3, 0.4) is 0 Å². The van der Waals surface area contributed by atoms with Crippen LogP contribution in [0.1, 0.15) is 0 Å². The van der Waals surface area contributed by atoms with Crippen molar-refractivity contribution >= 4 is 28.6 Å². The standard InChI is InChI=1S/C16H10ClN3S/c17-12-4-1-3-11(9-12)13-10-19-20-14(6-7-18-16(13)20)15-5-2-8-21-15/h1-10H. The van der Waals surface area contributed by atoms with Gasteiger partial charge in [0.05, 0.1) is 16.8 Å². The molecule has 0 aliphatic carbocycles. The SMILES string of the molecule is Clc1cccc(-c2cnn3c(-c4cccs4)ccnc23)c1. The minimum absolute atomic E-state index is 0.710. The molecule has 0 amide bonds. The summed E-state index contributed by atoms with van der Waals surface area (Å²) >= 11 is 7.77. The number of rotatable bonds is 2. The van der Waals surface area contributed by atoms with Gasteiger partial charge in [0, 0.05) is 16.8 Å². The molecule has 5 heteroatoms. The number of fused-ring (bicyclic) bond motifs is 1. The van der Waals surface area contributed by atoms with Gasteiger partial charge in [-0.25, -0.2) is 9.50 Å². The van der Waals surface area contributed by atoms with Gasteiger partial charge in [0.2, 0.25) is 0 Å². The van der Waals surface area contributed by atoms with Gasteiger partial charge in [-0.15, -0.1) is 11.3 Å². The Balaban J connectivity index is 1.96. The minimum atomic E-state index is 0.710. The molecule has 1 aromatic carbocycles. The first-order chi connectivity index (χ1) is 10.3. The van der Waals surface area contributed by atoms with Crippen LogP contribution >= 0.6 is 22.9 Å². The second-order valence-corrected chi connectivity index (χ2v) is 6.00. The van der Waals surface area contributed by atoms with Crippen molar-refractivity contribution in [1.82, 2.24) is 14.6 Å². The smallest absolute Gasteiger partial charge is 0.163 e. The molecule has 4 rings (SSSR count). The molecule has 0 spiro atoms. The zero-order chi connectivity index (χ0) is 14.2. The van der Waals surface area contributed by atoms with Crippen LogP contribution in [0.2, 0.25) is 5.02 Å². The fourth-order valence-corrected chi connectivity index (χ4v) is 3.29. The largest absolute Gasteiger partial charge is 0.236 e. The van der Waals surface area contributed by atoms with Gasteiger partial charge in [0.25, 0.3) is 0 Å². The maximum atomic E-state index is 6.08. The third-order valence-corrected chi connectivity index (χ3v) is 4.44. The molecular formula is C16H10ClN3S. The zero-order valence-electron chi connectivity index (χ0n) is 10.9.